The molecule has 1 fully saturated rings. The summed E-state index contributed by atoms with van der Waals surface area (Å²) in [4.78, 5) is 27.2. The fraction of sp³-hybridized carbons (Fsp3) is 0.240. The van der Waals surface area contributed by atoms with Crippen LogP contribution in [0.5, 0.6) is 11.5 Å². The number of fused-ring (bicyclic) bond motifs is 1. The lowest BCUT2D eigenvalue weighted by Gasteiger charge is -2.32. The number of hydrogen-bond donors (Lipinski definition) is 3. The second kappa shape index (κ2) is 8.82. The van der Waals surface area contributed by atoms with Gasteiger partial charge in [-0.05, 0) is 61.7 Å². The standard InChI is InChI=1S/C25H26N6O2/c1-16-14-27-23-22(16)24(29-15-28-23)31-11-9-17(10-12-31)25(32)30-19-3-2-4-21(13-19)33-20-7-5-18(26)6-8-20/h2-8,13-15,17H,9-12,26H2,1H3,(H,30,32)(H,27,28,29). The molecule has 33 heavy (non-hydrogen) atoms. The number of anilines is 3. The maximum atomic E-state index is 12.9. The summed E-state index contributed by atoms with van der Waals surface area (Å²) in [5.74, 6) is 2.27. The molecular formula is C25H26N6O2. The number of nitrogens with two attached hydrogens (primary N) is 1. The summed E-state index contributed by atoms with van der Waals surface area (Å²) >= 11 is 0. The summed E-state index contributed by atoms with van der Waals surface area (Å²) in [7, 11) is 0. The van der Waals surface area contributed by atoms with Crippen LogP contribution in [0, 0.1) is 12.8 Å². The molecule has 0 aliphatic carbocycles. The van der Waals surface area contributed by atoms with Gasteiger partial charge >= 0.3 is 0 Å². The van der Waals surface area contributed by atoms with Gasteiger partial charge in [-0.1, -0.05) is 6.07 Å². The molecule has 8 heteroatoms. The number of piperidine rings is 1. The number of carbonyl (C=O) groups is 1. The molecule has 0 saturated carbocycles. The maximum Gasteiger partial charge on any atom is 0.227 e. The minimum absolute atomic E-state index is 0.0324. The van der Waals surface area contributed by atoms with Crippen molar-refractivity contribution in [1.82, 2.24) is 15.0 Å². The van der Waals surface area contributed by atoms with Crippen LogP contribution in [0.25, 0.3) is 11.0 Å². The lowest BCUT2D eigenvalue weighted by molar-refractivity contribution is -0.120. The van der Waals surface area contributed by atoms with Crippen LogP contribution in [0.15, 0.2) is 61.1 Å². The highest BCUT2D eigenvalue weighted by Gasteiger charge is 2.27. The summed E-state index contributed by atoms with van der Waals surface area (Å²) < 4.78 is 5.87. The number of ether oxygens (including phenoxy) is 1. The van der Waals surface area contributed by atoms with Crippen LogP contribution >= 0.6 is 0 Å². The van der Waals surface area contributed by atoms with E-state index in [0.717, 1.165) is 54.0 Å². The van der Waals surface area contributed by atoms with Crippen molar-refractivity contribution in [2.24, 2.45) is 5.92 Å². The van der Waals surface area contributed by atoms with E-state index in [1.54, 1.807) is 18.5 Å². The molecule has 2 aromatic heterocycles. The van der Waals surface area contributed by atoms with E-state index in [0.29, 0.717) is 17.2 Å². The van der Waals surface area contributed by atoms with Gasteiger partial charge in [0.1, 0.15) is 29.3 Å². The average molecular weight is 443 g/mol. The number of aryl methyl sites for hydroxylation is 1. The van der Waals surface area contributed by atoms with Gasteiger partial charge in [-0.3, -0.25) is 4.79 Å². The first-order valence-electron chi connectivity index (χ1n) is 11.0. The van der Waals surface area contributed by atoms with Crippen LogP contribution in [-0.2, 0) is 4.79 Å². The van der Waals surface area contributed by atoms with Crippen molar-refractivity contribution in [3.8, 4) is 11.5 Å². The molecule has 5 rings (SSSR count). The molecule has 0 spiro atoms. The summed E-state index contributed by atoms with van der Waals surface area (Å²) in [6.45, 7) is 3.60. The molecule has 1 saturated heterocycles. The van der Waals surface area contributed by atoms with Crippen LogP contribution in [0.3, 0.4) is 0 Å². The molecule has 1 amide bonds. The SMILES string of the molecule is Cc1c[nH]c2ncnc(N3CCC(C(=O)Nc4cccc(Oc5ccc(N)cc5)c4)CC3)c12. The maximum absolute atomic E-state index is 12.9. The molecule has 0 radical (unpaired) electrons. The number of amides is 1. The Morgan fingerprint density at radius 2 is 1.91 bits per heavy atom. The normalized spacial score (nSPS) is 14.4. The molecular weight excluding hydrogens is 416 g/mol. The lowest BCUT2D eigenvalue weighted by atomic mass is 9.95. The van der Waals surface area contributed by atoms with Gasteiger partial charge in [-0.2, -0.15) is 0 Å². The van der Waals surface area contributed by atoms with E-state index in [1.165, 1.54) is 0 Å². The third-order valence-electron chi connectivity index (χ3n) is 6.03. The van der Waals surface area contributed by atoms with Crippen LogP contribution in [-0.4, -0.2) is 33.9 Å². The number of carbonyl (C=O) groups excluding carboxylic acids is 1. The number of nitrogens with one attached hydrogen (secondary N) is 2. The molecule has 2 aromatic carbocycles. The molecule has 3 heterocycles. The molecule has 0 unspecified atom stereocenters. The quantitative estimate of drug-likeness (QED) is 0.393. The Kier molecular flexibility index (Phi) is 5.56. The van der Waals surface area contributed by atoms with Crippen LogP contribution in [0.2, 0.25) is 0 Å². The Bertz CT molecular complexity index is 1280. The van der Waals surface area contributed by atoms with E-state index in [4.69, 9.17) is 10.5 Å². The number of nitrogens with zero attached hydrogens (tertiary/aromatic N) is 3. The minimum atomic E-state index is -0.0485. The first kappa shape index (κ1) is 20.8. The van der Waals surface area contributed by atoms with E-state index in [9.17, 15) is 4.79 Å². The molecule has 4 aromatic rings. The molecule has 168 valence electrons. The predicted molar refractivity (Wildman–Crippen MR) is 130 cm³/mol. The zero-order chi connectivity index (χ0) is 22.8. The Balaban J connectivity index is 1.21. The van der Waals surface area contributed by atoms with E-state index >= 15 is 0 Å². The van der Waals surface area contributed by atoms with Crippen molar-refractivity contribution in [1.29, 1.82) is 0 Å². The van der Waals surface area contributed by atoms with E-state index in [1.807, 2.05) is 42.6 Å². The van der Waals surface area contributed by atoms with Crippen LogP contribution in [0.1, 0.15) is 18.4 Å². The lowest BCUT2D eigenvalue weighted by Crippen LogP contribution is -2.38. The van der Waals surface area contributed by atoms with Gasteiger partial charge in [-0.25, -0.2) is 9.97 Å². The summed E-state index contributed by atoms with van der Waals surface area (Å²) in [6, 6.07) is 14.6. The number of benzene rings is 2. The predicted octanol–water partition coefficient (Wildman–Crippen LogP) is 4.50. The molecule has 0 bridgehead atoms. The van der Waals surface area contributed by atoms with Gasteiger partial charge in [0.25, 0.3) is 0 Å². The second-order valence-electron chi connectivity index (χ2n) is 8.34. The number of aromatic amines is 1. The zero-order valence-electron chi connectivity index (χ0n) is 18.4. The van der Waals surface area contributed by atoms with Crippen molar-refractivity contribution in [3.05, 3.63) is 66.6 Å². The van der Waals surface area contributed by atoms with Gasteiger partial charge in [0, 0.05) is 42.6 Å². The summed E-state index contributed by atoms with van der Waals surface area (Å²) in [6.07, 6.45) is 5.07. The van der Waals surface area contributed by atoms with Gasteiger partial charge in [0.15, 0.2) is 0 Å². The Morgan fingerprint density at radius 3 is 2.70 bits per heavy atom. The largest absolute Gasteiger partial charge is 0.457 e. The fourth-order valence-electron chi connectivity index (χ4n) is 4.24. The first-order chi connectivity index (χ1) is 16.1. The summed E-state index contributed by atoms with van der Waals surface area (Å²) in [5.41, 5.74) is 9.10. The second-order valence-corrected chi connectivity index (χ2v) is 8.34. The highest BCUT2D eigenvalue weighted by Crippen LogP contribution is 2.30. The Morgan fingerprint density at radius 1 is 1.12 bits per heavy atom. The van der Waals surface area contributed by atoms with Gasteiger partial charge < -0.3 is 25.7 Å². The van der Waals surface area contributed by atoms with Crippen LogP contribution < -0.4 is 20.7 Å². The van der Waals surface area contributed by atoms with E-state index in [2.05, 4.69) is 32.1 Å². The fourth-order valence-corrected chi connectivity index (χ4v) is 4.24. The molecule has 1 aliphatic heterocycles. The molecule has 0 atom stereocenters. The Hall–Kier alpha value is -4.07. The number of aromatic nitrogens is 3. The third kappa shape index (κ3) is 4.45. The van der Waals surface area contributed by atoms with E-state index < -0.39 is 0 Å². The minimum Gasteiger partial charge on any atom is -0.457 e. The number of nitrogen functional groups attached to an aromatic ring is 1. The molecule has 8 nitrogen and oxygen atoms in total. The monoisotopic (exact) mass is 442 g/mol. The van der Waals surface area contributed by atoms with E-state index in [-0.39, 0.29) is 11.8 Å². The Labute approximate surface area is 191 Å². The van der Waals surface area contributed by atoms with Crippen LogP contribution in [0.4, 0.5) is 17.2 Å². The van der Waals surface area contributed by atoms with Crippen molar-refractivity contribution >= 4 is 34.1 Å². The average Bonchev–Trinajstić information content (AvgIpc) is 3.22. The topological polar surface area (TPSA) is 109 Å². The van der Waals surface area contributed by atoms with Crippen molar-refractivity contribution < 1.29 is 9.53 Å². The smallest absolute Gasteiger partial charge is 0.227 e. The number of hydrogen-bond acceptors (Lipinski definition) is 6. The highest BCUT2D eigenvalue weighted by molar-refractivity contribution is 5.93. The number of H-pyrrole nitrogens is 1. The third-order valence-corrected chi connectivity index (χ3v) is 6.03. The van der Waals surface area contributed by atoms with Gasteiger partial charge in [0.05, 0.1) is 5.39 Å². The highest BCUT2D eigenvalue weighted by atomic mass is 16.5. The zero-order valence-corrected chi connectivity index (χ0v) is 18.4. The van der Waals surface area contributed by atoms with Crippen molar-refractivity contribution in [3.63, 3.8) is 0 Å². The molecule has 4 N–H and O–H groups in total. The van der Waals surface area contributed by atoms with Crippen molar-refractivity contribution in [2.75, 3.05) is 29.0 Å². The van der Waals surface area contributed by atoms with Gasteiger partial charge in [-0.15, -0.1) is 0 Å². The first-order valence-corrected chi connectivity index (χ1v) is 11.0. The summed E-state index contributed by atoms with van der Waals surface area (Å²) in [5, 5.41) is 4.10. The van der Waals surface area contributed by atoms with Crippen molar-refractivity contribution in [2.45, 2.75) is 19.8 Å². The number of rotatable bonds is 5. The molecule has 1 aliphatic rings. The van der Waals surface area contributed by atoms with Gasteiger partial charge in [0.2, 0.25) is 5.91 Å².